The molecule has 1 atom stereocenters. The number of rotatable bonds is 4. The minimum Gasteiger partial charge on any atom is -0.349 e. The lowest BCUT2D eigenvalue weighted by Crippen LogP contribution is -2.28. The lowest BCUT2D eigenvalue weighted by atomic mass is 10.1. The van der Waals surface area contributed by atoms with Gasteiger partial charge in [-0.25, -0.2) is 0 Å². The van der Waals surface area contributed by atoms with E-state index in [-0.39, 0.29) is 10.7 Å². The fourth-order valence-corrected chi connectivity index (χ4v) is 2.24. The molecule has 1 amide bonds. The van der Waals surface area contributed by atoms with E-state index in [2.05, 4.69) is 26.2 Å². The summed E-state index contributed by atoms with van der Waals surface area (Å²) >= 11 is 3.57. The third kappa shape index (κ3) is 3.64. The molecule has 19 heavy (non-hydrogen) atoms. The number of nitrogens with one attached hydrogen (secondary N) is 1. The SMILES string of the molecule is Cc1cccnc1C(=O)NCC(Br)c1ccccc1. The minimum absolute atomic E-state index is 0.0988. The predicted molar refractivity (Wildman–Crippen MR) is 79.4 cm³/mol. The van der Waals surface area contributed by atoms with Gasteiger partial charge in [0.25, 0.3) is 5.91 Å². The van der Waals surface area contributed by atoms with E-state index >= 15 is 0 Å². The Kier molecular flexibility index (Phi) is 4.68. The van der Waals surface area contributed by atoms with Crippen molar-refractivity contribution in [2.45, 2.75) is 11.8 Å². The van der Waals surface area contributed by atoms with Gasteiger partial charge in [0.05, 0.1) is 4.83 Å². The number of benzene rings is 1. The Bertz CT molecular complexity index is 557. The van der Waals surface area contributed by atoms with Crippen molar-refractivity contribution in [2.24, 2.45) is 0 Å². The van der Waals surface area contributed by atoms with Crippen LogP contribution in [0.3, 0.4) is 0 Å². The molecule has 0 fully saturated rings. The molecule has 0 saturated heterocycles. The Balaban J connectivity index is 1.96. The van der Waals surface area contributed by atoms with Crippen LogP contribution in [0.15, 0.2) is 48.7 Å². The van der Waals surface area contributed by atoms with Crippen LogP contribution in [0.5, 0.6) is 0 Å². The molecule has 0 saturated carbocycles. The first-order valence-electron chi connectivity index (χ1n) is 6.07. The Morgan fingerprint density at radius 3 is 2.68 bits per heavy atom. The zero-order valence-corrected chi connectivity index (χ0v) is 12.2. The van der Waals surface area contributed by atoms with Crippen molar-refractivity contribution in [1.29, 1.82) is 0 Å². The number of carbonyl (C=O) groups excluding carboxylic acids is 1. The van der Waals surface area contributed by atoms with Crippen molar-refractivity contribution in [3.8, 4) is 0 Å². The molecular formula is C15H15BrN2O. The van der Waals surface area contributed by atoms with E-state index in [9.17, 15) is 4.79 Å². The number of pyridine rings is 1. The van der Waals surface area contributed by atoms with Crippen LogP contribution in [0.25, 0.3) is 0 Å². The summed E-state index contributed by atoms with van der Waals surface area (Å²) in [6.07, 6.45) is 1.63. The average Bonchev–Trinajstić information content (AvgIpc) is 2.46. The minimum atomic E-state index is -0.140. The highest BCUT2D eigenvalue weighted by Gasteiger charge is 2.12. The third-order valence-corrected chi connectivity index (χ3v) is 3.68. The molecule has 0 aliphatic heterocycles. The summed E-state index contributed by atoms with van der Waals surface area (Å²) in [6.45, 7) is 2.41. The fraction of sp³-hybridized carbons (Fsp3) is 0.200. The van der Waals surface area contributed by atoms with Crippen LogP contribution >= 0.6 is 15.9 Å². The van der Waals surface area contributed by atoms with Gasteiger partial charge in [-0.3, -0.25) is 9.78 Å². The molecule has 2 aromatic rings. The molecule has 1 aromatic heterocycles. The van der Waals surface area contributed by atoms with Crippen LogP contribution < -0.4 is 5.32 Å². The highest BCUT2D eigenvalue weighted by molar-refractivity contribution is 9.09. The number of aryl methyl sites for hydroxylation is 1. The number of halogens is 1. The number of hydrogen-bond acceptors (Lipinski definition) is 2. The van der Waals surface area contributed by atoms with Gasteiger partial charge in [0.2, 0.25) is 0 Å². The molecule has 98 valence electrons. The van der Waals surface area contributed by atoms with Crippen molar-refractivity contribution < 1.29 is 4.79 Å². The third-order valence-electron chi connectivity index (χ3n) is 2.83. The Morgan fingerprint density at radius 1 is 1.26 bits per heavy atom. The second-order valence-electron chi connectivity index (χ2n) is 4.26. The van der Waals surface area contributed by atoms with Gasteiger partial charge in [-0.05, 0) is 24.1 Å². The Morgan fingerprint density at radius 2 is 2.00 bits per heavy atom. The van der Waals surface area contributed by atoms with E-state index in [4.69, 9.17) is 0 Å². The lowest BCUT2D eigenvalue weighted by molar-refractivity contribution is 0.0948. The quantitative estimate of drug-likeness (QED) is 0.879. The maximum Gasteiger partial charge on any atom is 0.270 e. The van der Waals surface area contributed by atoms with Crippen molar-refractivity contribution in [2.75, 3.05) is 6.54 Å². The van der Waals surface area contributed by atoms with Gasteiger partial charge in [-0.15, -0.1) is 0 Å². The lowest BCUT2D eigenvalue weighted by Gasteiger charge is -2.12. The summed E-state index contributed by atoms with van der Waals surface area (Å²) in [5.74, 6) is -0.140. The molecule has 0 aliphatic rings. The fourth-order valence-electron chi connectivity index (χ4n) is 1.77. The van der Waals surface area contributed by atoms with Gasteiger partial charge in [-0.2, -0.15) is 0 Å². The summed E-state index contributed by atoms with van der Waals surface area (Å²) in [7, 11) is 0. The molecule has 1 N–H and O–H groups in total. The Labute approximate surface area is 121 Å². The number of amides is 1. The molecule has 0 radical (unpaired) electrons. The summed E-state index contributed by atoms with van der Waals surface area (Å²) in [6, 6.07) is 13.7. The zero-order chi connectivity index (χ0) is 13.7. The van der Waals surface area contributed by atoms with Crippen LogP contribution in [0, 0.1) is 6.92 Å². The molecule has 1 aromatic carbocycles. The molecule has 0 bridgehead atoms. The highest BCUT2D eigenvalue weighted by Crippen LogP contribution is 2.21. The zero-order valence-electron chi connectivity index (χ0n) is 10.6. The first-order valence-corrected chi connectivity index (χ1v) is 6.99. The van der Waals surface area contributed by atoms with Crippen LogP contribution in [-0.4, -0.2) is 17.4 Å². The van der Waals surface area contributed by atoms with E-state index in [1.54, 1.807) is 6.20 Å². The van der Waals surface area contributed by atoms with E-state index in [0.29, 0.717) is 12.2 Å². The van der Waals surface area contributed by atoms with Crippen molar-refractivity contribution >= 4 is 21.8 Å². The van der Waals surface area contributed by atoms with E-state index < -0.39 is 0 Å². The van der Waals surface area contributed by atoms with E-state index in [1.165, 1.54) is 0 Å². The van der Waals surface area contributed by atoms with Crippen molar-refractivity contribution in [3.63, 3.8) is 0 Å². The van der Waals surface area contributed by atoms with Crippen molar-refractivity contribution in [1.82, 2.24) is 10.3 Å². The summed E-state index contributed by atoms with van der Waals surface area (Å²) in [5, 5.41) is 2.89. The molecule has 0 spiro atoms. The number of aromatic nitrogens is 1. The standard InChI is InChI=1S/C15H15BrN2O/c1-11-6-5-9-17-14(11)15(19)18-10-13(16)12-7-3-2-4-8-12/h2-9,13H,10H2,1H3,(H,18,19). The van der Waals surface area contributed by atoms with Crippen LogP contribution in [0.2, 0.25) is 0 Å². The van der Waals surface area contributed by atoms with E-state index in [1.807, 2.05) is 49.4 Å². The largest absolute Gasteiger partial charge is 0.349 e. The summed E-state index contributed by atoms with van der Waals surface area (Å²) in [4.78, 5) is 16.2. The monoisotopic (exact) mass is 318 g/mol. The van der Waals surface area contributed by atoms with Gasteiger partial charge in [0.1, 0.15) is 5.69 Å². The Hall–Kier alpha value is -1.68. The smallest absolute Gasteiger partial charge is 0.270 e. The average molecular weight is 319 g/mol. The van der Waals surface area contributed by atoms with Gasteiger partial charge < -0.3 is 5.32 Å². The first kappa shape index (κ1) is 13.7. The van der Waals surface area contributed by atoms with Gasteiger partial charge >= 0.3 is 0 Å². The molecule has 4 heteroatoms. The second kappa shape index (κ2) is 6.48. The van der Waals surface area contributed by atoms with Crippen LogP contribution in [-0.2, 0) is 0 Å². The molecular weight excluding hydrogens is 304 g/mol. The summed E-state index contributed by atoms with van der Waals surface area (Å²) in [5.41, 5.74) is 2.50. The van der Waals surface area contributed by atoms with E-state index in [0.717, 1.165) is 11.1 Å². The summed E-state index contributed by atoms with van der Waals surface area (Å²) < 4.78 is 0. The number of carbonyl (C=O) groups is 1. The predicted octanol–water partition coefficient (Wildman–Crippen LogP) is 3.26. The molecule has 1 unspecified atom stereocenters. The van der Waals surface area contributed by atoms with Gasteiger partial charge in [-0.1, -0.05) is 52.3 Å². The maximum atomic E-state index is 12.0. The first-order chi connectivity index (χ1) is 9.18. The maximum absolute atomic E-state index is 12.0. The number of alkyl halides is 1. The topological polar surface area (TPSA) is 42.0 Å². The van der Waals surface area contributed by atoms with Crippen LogP contribution in [0.1, 0.15) is 26.4 Å². The molecule has 0 aliphatic carbocycles. The normalized spacial score (nSPS) is 11.9. The second-order valence-corrected chi connectivity index (χ2v) is 5.36. The van der Waals surface area contributed by atoms with Gasteiger partial charge in [0.15, 0.2) is 0 Å². The molecule has 3 nitrogen and oxygen atoms in total. The number of nitrogens with zero attached hydrogens (tertiary/aromatic N) is 1. The van der Waals surface area contributed by atoms with Crippen molar-refractivity contribution in [3.05, 3.63) is 65.5 Å². The molecule has 2 rings (SSSR count). The van der Waals surface area contributed by atoms with Crippen LogP contribution in [0.4, 0.5) is 0 Å². The highest BCUT2D eigenvalue weighted by atomic mass is 79.9. The molecule has 1 heterocycles. The van der Waals surface area contributed by atoms with Gasteiger partial charge in [0, 0.05) is 12.7 Å². The number of hydrogen-bond donors (Lipinski definition) is 1.